The summed E-state index contributed by atoms with van der Waals surface area (Å²) in [6, 6.07) is 15.4. The maximum absolute atomic E-state index is 6.39. The van der Waals surface area contributed by atoms with E-state index in [0.29, 0.717) is 24.8 Å². The molecule has 0 amide bonds. The number of rotatable bonds is 9. The minimum absolute atomic E-state index is 0.153. The molecule has 0 saturated carbocycles. The molecule has 2 unspecified atom stereocenters. The Hall–Kier alpha value is -2.54. The average Bonchev–Trinajstić information content (AvgIpc) is 3.43. The zero-order chi connectivity index (χ0) is 20.8. The van der Waals surface area contributed by atoms with Crippen LogP contribution in [0.15, 0.2) is 67.3 Å². The molecule has 1 fully saturated rings. The molecular formula is C23H25ClN2O4. The van der Waals surface area contributed by atoms with Gasteiger partial charge in [-0.25, -0.2) is 4.98 Å². The minimum atomic E-state index is -0.728. The first-order valence-electron chi connectivity index (χ1n) is 9.93. The number of aromatic nitrogens is 2. The summed E-state index contributed by atoms with van der Waals surface area (Å²) < 4.78 is 25.7. The standard InChI is InChI=1S/C23H25ClN2O4/c1-27-20-6-2-18(3-7-20)10-11-23(16-26-13-12-25-17-26)29-15-22(30-23)14-28-21-8-4-19(24)5-9-21/h2-9,12-13,17,22H,10-11,14-16H2,1H3. The van der Waals surface area contributed by atoms with E-state index >= 15 is 0 Å². The maximum atomic E-state index is 6.39. The molecule has 0 aliphatic carbocycles. The van der Waals surface area contributed by atoms with Gasteiger partial charge in [-0.1, -0.05) is 23.7 Å². The lowest BCUT2D eigenvalue weighted by atomic mass is 10.0. The zero-order valence-corrected chi connectivity index (χ0v) is 17.6. The van der Waals surface area contributed by atoms with Gasteiger partial charge in [0.2, 0.25) is 0 Å². The third-order valence-corrected chi connectivity index (χ3v) is 5.35. The molecule has 0 N–H and O–H groups in total. The van der Waals surface area contributed by atoms with Gasteiger partial charge in [-0.05, 0) is 48.4 Å². The van der Waals surface area contributed by atoms with Crippen molar-refractivity contribution >= 4 is 11.6 Å². The molecule has 0 bridgehead atoms. The van der Waals surface area contributed by atoms with E-state index in [2.05, 4.69) is 17.1 Å². The van der Waals surface area contributed by atoms with E-state index in [4.69, 9.17) is 30.5 Å². The minimum Gasteiger partial charge on any atom is -0.497 e. The van der Waals surface area contributed by atoms with Gasteiger partial charge < -0.3 is 23.5 Å². The highest BCUT2D eigenvalue weighted by Gasteiger charge is 2.42. The van der Waals surface area contributed by atoms with Gasteiger partial charge in [-0.15, -0.1) is 0 Å². The van der Waals surface area contributed by atoms with Crippen molar-refractivity contribution in [1.82, 2.24) is 9.55 Å². The largest absolute Gasteiger partial charge is 0.497 e. The lowest BCUT2D eigenvalue weighted by Gasteiger charge is -2.28. The first-order chi connectivity index (χ1) is 14.6. The topological polar surface area (TPSA) is 54.7 Å². The van der Waals surface area contributed by atoms with E-state index in [1.54, 1.807) is 31.8 Å². The number of hydrogen-bond donors (Lipinski definition) is 0. The summed E-state index contributed by atoms with van der Waals surface area (Å²) in [5.74, 6) is 0.877. The fourth-order valence-corrected chi connectivity index (χ4v) is 3.62. The molecule has 1 aliphatic heterocycles. The van der Waals surface area contributed by atoms with E-state index in [1.807, 2.05) is 35.0 Å². The van der Waals surface area contributed by atoms with Gasteiger partial charge in [-0.2, -0.15) is 0 Å². The van der Waals surface area contributed by atoms with Crippen LogP contribution >= 0.6 is 11.6 Å². The highest BCUT2D eigenvalue weighted by Crippen LogP contribution is 2.31. The summed E-state index contributed by atoms with van der Waals surface area (Å²) in [7, 11) is 1.67. The first kappa shape index (κ1) is 20.7. The molecule has 6 nitrogen and oxygen atoms in total. The SMILES string of the molecule is COc1ccc(CCC2(Cn3ccnc3)OCC(COc3ccc(Cl)cc3)O2)cc1. The third kappa shape index (κ3) is 5.33. The average molecular weight is 429 g/mol. The van der Waals surface area contributed by atoms with Crippen LogP contribution in [-0.2, 0) is 22.4 Å². The summed E-state index contributed by atoms with van der Waals surface area (Å²) in [6.45, 7) is 1.46. The Balaban J connectivity index is 1.39. The number of methoxy groups -OCH3 is 1. The van der Waals surface area contributed by atoms with Crippen LogP contribution in [0.3, 0.4) is 0 Å². The number of benzene rings is 2. The molecule has 7 heteroatoms. The lowest BCUT2D eigenvalue weighted by molar-refractivity contribution is -0.184. The molecule has 0 spiro atoms. The Bertz CT molecular complexity index is 915. The fraction of sp³-hybridized carbons (Fsp3) is 0.348. The molecule has 2 aromatic carbocycles. The molecule has 1 saturated heterocycles. The fourth-order valence-electron chi connectivity index (χ4n) is 3.50. The molecule has 30 heavy (non-hydrogen) atoms. The molecule has 1 aromatic heterocycles. The number of ether oxygens (including phenoxy) is 4. The summed E-state index contributed by atoms with van der Waals surface area (Å²) in [4.78, 5) is 4.14. The van der Waals surface area contributed by atoms with Gasteiger partial charge in [0, 0.05) is 23.8 Å². The number of halogens is 1. The Kier molecular flexibility index (Phi) is 6.57. The summed E-state index contributed by atoms with van der Waals surface area (Å²) >= 11 is 5.93. The Morgan fingerprint density at radius 3 is 2.60 bits per heavy atom. The van der Waals surface area contributed by atoms with Crippen LogP contribution in [0.4, 0.5) is 0 Å². The van der Waals surface area contributed by atoms with Gasteiger partial charge in [0.05, 0.1) is 26.6 Å². The Morgan fingerprint density at radius 1 is 1.13 bits per heavy atom. The molecule has 1 aliphatic rings. The van der Waals surface area contributed by atoms with Crippen LogP contribution in [0.2, 0.25) is 5.02 Å². The lowest BCUT2D eigenvalue weighted by Crippen LogP contribution is -2.37. The first-order valence-corrected chi connectivity index (χ1v) is 10.3. The van der Waals surface area contributed by atoms with Gasteiger partial charge in [0.1, 0.15) is 24.2 Å². The summed E-state index contributed by atoms with van der Waals surface area (Å²) in [6.07, 6.45) is 6.84. The van der Waals surface area contributed by atoms with Crippen molar-refractivity contribution in [3.63, 3.8) is 0 Å². The van der Waals surface area contributed by atoms with Crippen molar-refractivity contribution in [1.29, 1.82) is 0 Å². The van der Waals surface area contributed by atoms with E-state index in [0.717, 1.165) is 24.3 Å². The van der Waals surface area contributed by atoms with Crippen molar-refractivity contribution in [2.24, 2.45) is 0 Å². The highest BCUT2D eigenvalue weighted by atomic mass is 35.5. The van der Waals surface area contributed by atoms with E-state index in [9.17, 15) is 0 Å². The zero-order valence-electron chi connectivity index (χ0n) is 16.9. The quantitative estimate of drug-likeness (QED) is 0.506. The van der Waals surface area contributed by atoms with Crippen LogP contribution in [0.1, 0.15) is 12.0 Å². The second-order valence-electron chi connectivity index (χ2n) is 7.31. The van der Waals surface area contributed by atoms with Gasteiger partial charge in [0.25, 0.3) is 0 Å². The molecule has 158 valence electrons. The molecule has 0 radical (unpaired) electrons. The van der Waals surface area contributed by atoms with Crippen LogP contribution in [0, 0.1) is 0 Å². The molecule has 3 aromatic rings. The van der Waals surface area contributed by atoms with Crippen molar-refractivity contribution in [3.05, 3.63) is 77.8 Å². The van der Waals surface area contributed by atoms with Crippen molar-refractivity contribution < 1.29 is 18.9 Å². The number of hydrogen-bond acceptors (Lipinski definition) is 5. The number of aryl methyl sites for hydroxylation is 1. The Labute approximate surface area is 181 Å². The predicted octanol–water partition coefficient (Wildman–Crippen LogP) is 4.37. The molecule has 2 heterocycles. The van der Waals surface area contributed by atoms with E-state index in [1.165, 1.54) is 5.56 Å². The van der Waals surface area contributed by atoms with Crippen LogP contribution in [-0.4, -0.2) is 41.8 Å². The van der Waals surface area contributed by atoms with Crippen molar-refractivity contribution in [2.45, 2.75) is 31.3 Å². The second-order valence-corrected chi connectivity index (χ2v) is 7.75. The van der Waals surface area contributed by atoms with E-state index in [-0.39, 0.29) is 6.10 Å². The summed E-state index contributed by atoms with van der Waals surface area (Å²) in [5, 5.41) is 0.681. The van der Waals surface area contributed by atoms with Crippen LogP contribution in [0.5, 0.6) is 11.5 Å². The van der Waals surface area contributed by atoms with E-state index < -0.39 is 5.79 Å². The third-order valence-electron chi connectivity index (χ3n) is 5.10. The molecule has 2 atom stereocenters. The number of nitrogens with zero attached hydrogens (tertiary/aromatic N) is 2. The summed E-state index contributed by atoms with van der Waals surface area (Å²) in [5.41, 5.74) is 1.20. The molecule has 4 rings (SSSR count). The Morgan fingerprint density at radius 2 is 1.90 bits per heavy atom. The monoisotopic (exact) mass is 428 g/mol. The normalized spacial score (nSPS) is 20.9. The smallest absolute Gasteiger partial charge is 0.187 e. The predicted molar refractivity (Wildman–Crippen MR) is 114 cm³/mol. The maximum Gasteiger partial charge on any atom is 0.187 e. The van der Waals surface area contributed by atoms with Crippen molar-refractivity contribution in [3.8, 4) is 11.5 Å². The molecular weight excluding hydrogens is 404 g/mol. The van der Waals surface area contributed by atoms with Gasteiger partial charge in [0.15, 0.2) is 5.79 Å². The van der Waals surface area contributed by atoms with Crippen molar-refractivity contribution in [2.75, 3.05) is 20.3 Å². The van der Waals surface area contributed by atoms with Gasteiger partial charge >= 0.3 is 0 Å². The van der Waals surface area contributed by atoms with Crippen LogP contribution < -0.4 is 9.47 Å². The van der Waals surface area contributed by atoms with Gasteiger partial charge in [-0.3, -0.25) is 0 Å². The second kappa shape index (κ2) is 9.51. The van der Waals surface area contributed by atoms with Crippen LogP contribution in [0.25, 0.3) is 0 Å². The highest BCUT2D eigenvalue weighted by molar-refractivity contribution is 6.30. The number of imidazole rings is 1.